The van der Waals surface area contributed by atoms with E-state index in [9.17, 15) is 8.42 Å². The Balaban J connectivity index is 2.04. The number of imidazole rings is 1. The normalized spacial score (nSPS) is 20.6. The predicted molar refractivity (Wildman–Crippen MR) is 76.4 cm³/mol. The lowest BCUT2D eigenvalue weighted by molar-refractivity contribution is 0.171. The van der Waals surface area contributed by atoms with Gasteiger partial charge in [-0.1, -0.05) is 5.16 Å². The van der Waals surface area contributed by atoms with Gasteiger partial charge in [-0.3, -0.25) is 4.90 Å². The molecular formula is C11H20N6O3S. The lowest BCUT2D eigenvalue weighted by atomic mass is 10.2. The second-order valence-corrected chi connectivity index (χ2v) is 6.90. The van der Waals surface area contributed by atoms with Crippen LogP contribution in [0.25, 0.3) is 0 Å². The number of nitrogens with zero attached hydrogens (tertiary/aromatic N) is 5. The SMILES string of the molecule is CC(C(N)=NO)N1CCN(S(=O)(=O)c2cn(C)cn2)CC1. The van der Waals surface area contributed by atoms with Crippen LogP contribution in [0.1, 0.15) is 6.92 Å². The van der Waals surface area contributed by atoms with Gasteiger partial charge in [0.2, 0.25) is 0 Å². The Morgan fingerprint density at radius 2 is 2.05 bits per heavy atom. The molecule has 1 fully saturated rings. The zero-order chi connectivity index (χ0) is 15.6. The minimum atomic E-state index is -3.55. The standard InChI is InChI=1S/C11H20N6O3S/c1-9(11(12)14-18)16-3-5-17(6-4-16)21(19,20)10-7-15(2)8-13-10/h7-9,18H,3-6H2,1-2H3,(H2,12,14). The number of hydrogen-bond donors (Lipinski definition) is 2. The van der Waals surface area contributed by atoms with Crippen molar-refractivity contribution in [1.29, 1.82) is 0 Å². The second-order valence-electron chi connectivity index (χ2n) is 5.02. The smallest absolute Gasteiger partial charge is 0.262 e. The maximum atomic E-state index is 12.4. The predicted octanol–water partition coefficient (Wildman–Crippen LogP) is -1.14. The molecule has 1 aromatic heterocycles. The van der Waals surface area contributed by atoms with Gasteiger partial charge in [0, 0.05) is 39.4 Å². The summed E-state index contributed by atoms with van der Waals surface area (Å²) in [7, 11) is -1.83. The molecule has 0 amide bonds. The average Bonchev–Trinajstić information content (AvgIpc) is 2.93. The van der Waals surface area contributed by atoms with Crippen molar-refractivity contribution in [3.05, 3.63) is 12.5 Å². The van der Waals surface area contributed by atoms with Crippen LogP contribution in [-0.4, -0.2) is 70.4 Å². The summed E-state index contributed by atoms with van der Waals surface area (Å²) in [5, 5.41) is 11.7. The Bertz CT molecular complexity index is 618. The summed E-state index contributed by atoms with van der Waals surface area (Å²) in [5.74, 6) is 0.121. The van der Waals surface area contributed by atoms with Crippen molar-refractivity contribution in [2.45, 2.75) is 18.0 Å². The fraction of sp³-hybridized carbons (Fsp3) is 0.636. The molecule has 1 atom stereocenters. The number of amidine groups is 1. The molecule has 1 aromatic rings. The van der Waals surface area contributed by atoms with E-state index >= 15 is 0 Å². The topological polar surface area (TPSA) is 117 Å². The molecule has 1 aliphatic heterocycles. The number of aryl methyl sites for hydroxylation is 1. The Hall–Kier alpha value is -1.65. The molecule has 2 heterocycles. The molecule has 3 N–H and O–H groups in total. The molecule has 0 aliphatic carbocycles. The summed E-state index contributed by atoms with van der Waals surface area (Å²) in [6.45, 7) is 3.55. The van der Waals surface area contributed by atoms with E-state index in [1.54, 1.807) is 11.6 Å². The lowest BCUT2D eigenvalue weighted by Crippen LogP contribution is -2.54. The van der Waals surface area contributed by atoms with Gasteiger partial charge in [-0.25, -0.2) is 13.4 Å². The maximum Gasteiger partial charge on any atom is 0.262 e. The van der Waals surface area contributed by atoms with E-state index in [1.165, 1.54) is 16.8 Å². The van der Waals surface area contributed by atoms with E-state index in [0.29, 0.717) is 26.2 Å². The van der Waals surface area contributed by atoms with E-state index in [4.69, 9.17) is 10.9 Å². The van der Waals surface area contributed by atoms with Gasteiger partial charge >= 0.3 is 0 Å². The van der Waals surface area contributed by atoms with Crippen LogP contribution in [0.15, 0.2) is 22.7 Å². The van der Waals surface area contributed by atoms with Crippen molar-refractivity contribution >= 4 is 15.9 Å². The molecule has 9 nitrogen and oxygen atoms in total. The zero-order valence-corrected chi connectivity index (χ0v) is 12.9. The van der Waals surface area contributed by atoms with Crippen molar-refractivity contribution in [3.8, 4) is 0 Å². The number of aromatic nitrogens is 2. The highest BCUT2D eigenvalue weighted by Gasteiger charge is 2.32. The van der Waals surface area contributed by atoms with Gasteiger partial charge in [-0.05, 0) is 6.92 Å². The van der Waals surface area contributed by atoms with Crippen LogP contribution in [0.3, 0.4) is 0 Å². The first-order chi connectivity index (χ1) is 9.86. The zero-order valence-electron chi connectivity index (χ0n) is 12.0. The van der Waals surface area contributed by atoms with Crippen LogP contribution in [0, 0.1) is 0 Å². The van der Waals surface area contributed by atoms with Gasteiger partial charge in [0.25, 0.3) is 10.0 Å². The highest BCUT2D eigenvalue weighted by Crippen LogP contribution is 2.16. The van der Waals surface area contributed by atoms with Gasteiger partial charge in [-0.15, -0.1) is 0 Å². The first-order valence-electron chi connectivity index (χ1n) is 6.56. The molecule has 21 heavy (non-hydrogen) atoms. The highest BCUT2D eigenvalue weighted by molar-refractivity contribution is 7.89. The summed E-state index contributed by atoms with van der Waals surface area (Å²) in [6, 6.07) is -0.227. The summed E-state index contributed by atoms with van der Waals surface area (Å²) < 4.78 is 27.8. The molecule has 0 aromatic carbocycles. The van der Waals surface area contributed by atoms with Gasteiger partial charge < -0.3 is 15.5 Å². The van der Waals surface area contributed by atoms with Gasteiger partial charge in [-0.2, -0.15) is 4.31 Å². The summed E-state index contributed by atoms with van der Waals surface area (Å²) in [5.41, 5.74) is 5.58. The summed E-state index contributed by atoms with van der Waals surface area (Å²) in [4.78, 5) is 5.88. The molecule has 0 bridgehead atoms. The third-order valence-corrected chi connectivity index (χ3v) is 5.43. The van der Waals surface area contributed by atoms with Crippen LogP contribution in [-0.2, 0) is 17.1 Å². The van der Waals surface area contributed by atoms with E-state index in [1.807, 2.05) is 11.8 Å². The quantitative estimate of drug-likeness (QED) is 0.314. The molecule has 2 rings (SSSR count). The van der Waals surface area contributed by atoms with Crippen LogP contribution in [0.2, 0.25) is 0 Å². The van der Waals surface area contributed by atoms with Crippen molar-refractivity contribution in [2.75, 3.05) is 26.2 Å². The fourth-order valence-corrected chi connectivity index (χ4v) is 3.64. The number of rotatable bonds is 4. The molecular weight excluding hydrogens is 296 g/mol. The molecule has 0 saturated carbocycles. The Morgan fingerprint density at radius 1 is 1.43 bits per heavy atom. The van der Waals surface area contributed by atoms with Crippen LogP contribution in [0.5, 0.6) is 0 Å². The van der Waals surface area contributed by atoms with Gasteiger partial charge in [0.05, 0.1) is 12.4 Å². The number of oxime groups is 1. The van der Waals surface area contributed by atoms with Crippen LogP contribution in [0.4, 0.5) is 0 Å². The van der Waals surface area contributed by atoms with Crippen molar-refractivity contribution in [3.63, 3.8) is 0 Å². The molecule has 1 aliphatic rings. The average molecular weight is 316 g/mol. The molecule has 10 heteroatoms. The third kappa shape index (κ3) is 3.17. The highest BCUT2D eigenvalue weighted by atomic mass is 32.2. The molecule has 118 valence electrons. The fourth-order valence-electron chi connectivity index (χ4n) is 2.26. The van der Waals surface area contributed by atoms with E-state index < -0.39 is 10.0 Å². The van der Waals surface area contributed by atoms with Crippen LogP contribution >= 0.6 is 0 Å². The largest absolute Gasteiger partial charge is 0.409 e. The third-order valence-electron chi connectivity index (χ3n) is 3.65. The summed E-state index contributed by atoms with van der Waals surface area (Å²) in [6.07, 6.45) is 2.95. The Morgan fingerprint density at radius 3 is 2.52 bits per heavy atom. The van der Waals surface area contributed by atoms with E-state index in [-0.39, 0.29) is 16.9 Å². The van der Waals surface area contributed by atoms with Gasteiger partial charge in [0.15, 0.2) is 10.9 Å². The van der Waals surface area contributed by atoms with E-state index in [0.717, 1.165) is 0 Å². The number of hydrogen-bond acceptors (Lipinski definition) is 6. The number of piperazine rings is 1. The lowest BCUT2D eigenvalue weighted by Gasteiger charge is -2.36. The molecule has 0 spiro atoms. The minimum absolute atomic E-state index is 0.0583. The molecule has 1 unspecified atom stereocenters. The van der Waals surface area contributed by atoms with Crippen molar-refractivity contribution < 1.29 is 13.6 Å². The van der Waals surface area contributed by atoms with Crippen LogP contribution < -0.4 is 5.73 Å². The Labute approximate surface area is 123 Å². The summed E-state index contributed by atoms with van der Waals surface area (Å²) >= 11 is 0. The number of sulfonamides is 1. The maximum absolute atomic E-state index is 12.4. The molecule has 0 radical (unpaired) electrons. The second kappa shape index (κ2) is 6.00. The monoisotopic (exact) mass is 316 g/mol. The Kier molecular flexibility index (Phi) is 4.49. The van der Waals surface area contributed by atoms with E-state index in [2.05, 4.69) is 10.1 Å². The van der Waals surface area contributed by atoms with Crippen molar-refractivity contribution in [2.24, 2.45) is 17.9 Å². The first kappa shape index (κ1) is 15.7. The minimum Gasteiger partial charge on any atom is -0.409 e. The first-order valence-corrected chi connectivity index (χ1v) is 8.00. The number of nitrogens with two attached hydrogens (primary N) is 1. The van der Waals surface area contributed by atoms with Gasteiger partial charge in [0.1, 0.15) is 0 Å². The van der Waals surface area contributed by atoms with Crippen molar-refractivity contribution in [1.82, 2.24) is 18.8 Å². The molecule has 1 saturated heterocycles.